The van der Waals surface area contributed by atoms with Crippen LogP contribution in [0, 0.1) is 4.77 Å². The first kappa shape index (κ1) is 9.82. The van der Waals surface area contributed by atoms with E-state index in [-0.39, 0.29) is 6.04 Å². The number of halogens is 1. The van der Waals surface area contributed by atoms with Crippen molar-refractivity contribution in [1.82, 2.24) is 20.2 Å². The Morgan fingerprint density at radius 2 is 2.43 bits per heavy atom. The van der Waals surface area contributed by atoms with E-state index in [9.17, 15) is 0 Å². The summed E-state index contributed by atoms with van der Waals surface area (Å²) >= 11 is 12.4. The second kappa shape index (κ2) is 3.80. The van der Waals surface area contributed by atoms with Gasteiger partial charge in [-0.25, -0.2) is 4.68 Å². The van der Waals surface area contributed by atoms with Gasteiger partial charge in [-0.1, -0.05) is 21.9 Å². The molecule has 1 unspecified atom stereocenters. The molecule has 0 aliphatic carbocycles. The molecular weight excluding hydrogens is 240 g/mol. The molecule has 7 heteroatoms. The summed E-state index contributed by atoms with van der Waals surface area (Å²) in [5.41, 5.74) is 0. The third kappa shape index (κ3) is 1.73. The molecule has 2 aromatic heterocycles. The number of aromatic amines is 1. The highest BCUT2D eigenvalue weighted by molar-refractivity contribution is 7.71. The second-order valence-electron chi connectivity index (χ2n) is 2.77. The normalized spacial score (nSPS) is 13.0. The first-order chi connectivity index (χ1) is 6.68. The quantitative estimate of drug-likeness (QED) is 0.829. The van der Waals surface area contributed by atoms with Gasteiger partial charge in [0.1, 0.15) is 0 Å². The SMILES string of the molecule is CC(c1ccc(Cl)s1)n1[nH]nnc1=S. The molecule has 0 spiro atoms. The van der Waals surface area contributed by atoms with Crippen molar-refractivity contribution in [3.05, 3.63) is 26.1 Å². The van der Waals surface area contributed by atoms with Gasteiger partial charge in [-0.3, -0.25) is 0 Å². The summed E-state index contributed by atoms with van der Waals surface area (Å²) in [4.78, 5) is 1.12. The molecule has 1 N–H and O–H groups in total. The number of hydrogen-bond acceptors (Lipinski definition) is 4. The van der Waals surface area contributed by atoms with E-state index in [1.807, 2.05) is 19.1 Å². The molecule has 2 heterocycles. The average Bonchev–Trinajstić information content (AvgIpc) is 2.73. The fraction of sp³-hybridized carbons (Fsp3) is 0.286. The van der Waals surface area contributed by atoms with Gasteiger partial charge in [0.05, 0.1) is 10.4 Å². The van der Waals surface area contributed by atoms with E-state index < -0.39 is 0 Å². The number of H-pyrrole nitrogens is 1. The third-order valence-corrected chi connectivity index (χ3v) is 3.57. The number of rotatable bonds is 2. The van der Waals surface area contributed by atoms with Crippen LogP contribution in [0.5, 0.6) is 0 Å². The maximum Gasteiger partial charge on any atom is 0.238 e. The maximum absolute atomic E-state index is 5.85. The van der Waals surface area contributed by atoms with Crippen LogP contribution >= 0.6 is 35.2 Å². The zero-order valence-corrected chi connectivity index (χ0v) is 9.66. The van der Waals surface area contributed by atoms with Gasteiger partial charge in [0.2, 0.25) is 4.77 Å². The summed E-state index contributed by atoms with van der Waals surface area (Å²) in [7, 11) is 0. The van der Waals surface area contributed by atoms with Gasteiger partial charge in [0, 0.05) is 4.88 Å². The van der Waals surface area contributed by atoms with E-state index >= 15 is 0 Å². The van der Waals surface area contributed by atoms with Crippen LogP contribution in [0.1, 0.15) is 17.8 Å². The zero-order valence-electron chi connectivity index (χ0n) is 7.27. The van der Waals surface area contributed by atoms with Crippen LogP contribution < -0.4 is 0 Å². The van der Waals surface area contributed by atoms with Crippen molar-refractivity contribution in [2.24, 2.45) is 0 Å². The number of hydrogen-bond donors (Lipinski definition) is 1. The minimum Gasteiger partial charge on any atom is -0.234 e. The van der Waals surface area contributed by atoms with Crippen molar-refractivity contribution >= 4 is 35.2 Å². The molecule has 0 amide bonds. The van der Waals surface area contributed by atoms with Crippen molar-refractivity contribution in [1.29, 1.82) is 0 Å². The topological polar surface area (TPSA) is 46.5 Å². The lowest BCUT2D eigenvalue weighted by Gasteiger charge is -2.08. The van der Waals surface area contributed by atoms with Gasteiger partial charge in [-0.15, -0.1) is 11.3 Å². The minimum atomic E-state index is 0.0926. The van der Waals surface area contributed by atoms with E-state index in [2.05, 4.69) is 15.5 Å². The Balaban J connectivity index is 2.38. The summed E-state index contributed by atoms with van der Waals surface area (Å²) in [6.45, 7) is 2.01. The Morgan fingerprint density at radius 1 is 1.64 bits per heavy atom. The van der Waals surface area contributed by atoms with Crippen molar-refractivity contribution in [3.8, 4) is 0 Å². The highest BCUT2D eigenvalue weighted by Gasteiger charge is 2.11. The number of nitrogens with zero attached hydrogens (tertiary/aromatic N) is 3. The van der Waals surface area contributed by atoms with Crippen LogP contribution in [0.2, 0.25) is 4.34 Å². The molecule has 0 saturated carbocycles. The summed E-state index contributed by atoms with van der Waals surface area (Å²) in [5.74, 6) is 0. The number of nitrogens with one attached hydrogen (secondary N) is 1. The van der Waals surface area contributed by atoms with Crippen molar-refractivity contribution < 1.29 is 0 Å². The highest BCUT2D eigenvalue weighted by atomic mass is 35.5. The Bertz CT molecular complexity index is 486. The maximum atomic E-state index is 5.85. The van der Waals surface area contributed by atoms with E-state index in [0.29, 0.717) is 4.77 Å². The second-order valence-corrected chi connectivity index (χ2v) is 4.88. The van der Waals surface area contributed by atoms with E-state index in [0.717, 1.165) is 9.21 Å². The number of aromatic nitrogens is 4. The summed E-state index contributed by atoms with van der Waals surface area (Å²) < 4.78 is 2.94. The van der Waals surface area contributed by atoms with Crippen molar-refractivity contribution in [2.75, 3.05) is 0 Å². The van der Waals surface area contributed by atoms with E-state index in [1.54, 1.807) is 4.68 Å². The lowest BCUT2D eigenvalue weighted by molar-refractivity contribution is 0.544. The lowest BCUT2D eigenvalue weighted by Crippen LogP contribution is -2.07. The molecule has 74 valence electrons. The standard InChI is InChI=1S/C7H7ClN4S2/c1-4(5-2-3-6(8)14-5)12-7(13)9-10-11-12/h2-4H,1H3,(H,9,11,13). The first-order valence-corrected chi connectivity index (χ1v) is 5.53. The summed E-state index contributed by atoms with van der Waals surface area (Å²) in [5, 5.41) is 10.1. The molecule has 14 heavy (non-hydrogen) atoms. The van der Waals surface area contributed by atoms with Gasteiger partial charge in [-0.05, 0) is 31.3 Å². The predicted molar refractivity (Wildman–Crippen MR) is 58.3 cm³/mol. The number of tetrazole rings is 1. The van der Waals surface area contributed by atoms with Crippen LogP contribution in [0.15, 0.2) is 12.1 Å². The van der Waals surface area contributed by atoms with Crippen LogP contribution in [0.3, 0.4) is 0 Å². The Labute approximate surface area is 94.5 Å². The van der Waals surface area contributed by atoms with Gasteiger partial charge in [0.25, 0.3) is 0 Å². The fourth-order valence-corrected chi connectivity index (χ4v) is 2.48. The molecule has 4 nitrogen and oxygen atoms in total. The third-order valence-electron chi connectivity index (χ3n) is 1.89. The lowest BCUT2D eigenvalue weighted by atomic mass is 10.3. The molecular formula is C7H7ClN4S2. The minimum absolute atomic E-state index is 0.0926. The van der Waals surface area contributed by atoms with Crippen molar-refractivity contribution in [2.45, 2.75) is 13.0 Å². The Kier molecular flexibility index (Phi) is 2.66. The molecule has 2 aromatic rings. The van der Waals surface area contributed by atoms with Crippen molar-refractivity contribution in [3.63, 3.8) is 0 Å². The Morgan fingerprint density at radius 3 is 2.93 bits per heavy atom. The molecule has 0 aliphatic heterocycles. The molecule has 0 saturated heterocycles. The molecule has 0 aromatic carbocycles. The van der Waals surface area contributed by atoms with Crippen LogP contribution in [-0.2, 0) is 0 Å². The largest absolute Gasteiger partial charge is 0.238 e. The molecule has 2 rings (SSSR count). The molecule has 0 fully saturated rings. The van der Waals surface area contributed by atoms with Gasteiger partial charge >= 0.3 is 0 Å². The first-order valence-electron chi connectivity index (χ1n) is 3.93. The van der Waals surface area contributed by atoms with Gasteiger partial charge in [-0.2, -0.15) is 5.21 Å². The van der Waals surface area contributed by atoms with Crippen LogP contribution in [0.4, 0.5) is 0 Å². The predicted octanol–water partition coefficient (Wildman–Crippen LogP) is 2.66. The number of thiophene rings is 1. The van der Waals surface area contributed by atoms with Crippen LogP contribution in [-0.4, -0.2) is 20.2 Å². The van der Waals surface area contributed by atoms with Crippen LogP contribution in [0.25, 0.3) is 0 Å². The Hall–Kier alpha value is -0.720. The van der Waals surface area contributed by atoms with Gasteiger partial charge < -0.3 is 0 Å². The average molecular weight is 247 g/mol. The fourth-order valence-electron chi connectivity index (χ4n) is 1.14. The zero-order chi connectivity index (χ0) is 10.1. The molecule has 0 bridgehead atoms. The summed E-state index contributed by atoms with van der Waals surface area (Å²) in [6, 6.07) is 3.93. The molecule has 1 atom stereocenters. The summed E-state index contributed by atoms with van der Waals surface area (Å²) in [6.07, 6.45) is 0. The van der Waals surface area contributed by atoms with E-state index in [1.165, 1.54) is 11.3 Å². The highest BCUT2D eigenvalue weighted by Crippen LogP contribution is 2.28. The smallest absolute Gasteiger partial charge is 0.234 e. The van der Waals surface area contributed by atoms with Gasteiger partial charge in [0.15, 0.2) is 0 Å². The molecule has 0 radical (unpaired) electrons. The van der Waals surface area contributed by atoms with E-state index in [4.69, 9.17) is 23.8 Å². The molecule has 0 aliphatic rings. The monoisotopic (exact) mass is 246 g/mol.